The van der Waals surface area contributed by atoms with Crippen molar-refractivity contribution in [3.63, 3.8) is 0 Å². The summed E-state index contributed by atoms with van der Waals surface area (Å²) in [6.45, 7) is 0. The van der Waals surface area contributed by atoms with E-state index in [1.54, 1.807) is 12.1 Å². The Hall–Kier alpha value is -1.69. The molecule has 114 valence electrons. The number of aromatic nitrogens is 1. The number of hydrogen-bond acceptors (Lipinski definition) is 2. The van der Waals surface area contributed by atoms with Gasteiger partial charge in [-0.25, -0.2) is 8.42 Å². The number of anilines is 1. The molecule has 3 aromatic rings. The average molecular weight is 355 g/mol. The highest BCUT2D eigenvalue weighted by molar-refractivity contribution is 7.92. The maximum Gasteiger partial charge on any atom is 0.261 e. The van der Waals surface area contributed by atoms with E-state index in [0.717, 1.165) is 10.9 Å². The topological polar surface area (TPSA) is 51.1 Å². The van der Waals surface area contributed by atoms with Gasteiger partial charge in [-0.1, -0.05) is 29.3 Å². The molecule has 0 unspecified atom stereocenters. The molecule has 0 saturated heterocycles. The Morgan fingerprint density at radius 1 is 1.00 bits per heavy atom. The first-order valence-corrected chi connectivity index (χ1v) is 8.63. The molecule has 0 aliphatic heterocycles. The van der Waals surface area contributed by atoms with Gasteiger partial charge < -0.3 is 4.57 Å². The molecule has 0 saturated carbocycles. The fourth-order valence-electron chi connectivity index (χ4n) is 2.22. The summed E-state index contributed by atoms with van der Waals surface area (Å²) in [4.78, 5) is 0.0250. The maximum absolute atomic E-state index is 12.4. The number of rotatable bonds is 3. The molecule has 0 bridgehead atoms. The van der Waals surface area contributed by atoms with Crippen LogP contribution in [0, 0.1) is 0 Å². The molecule has 1 aromatic heterocycles. The third-order valence-corrected chi connectivity index (χ3v) is 5.08. The third-order valence-electron chi connectivity index (χ3n) is 3.29. The van der Waals surface area contributed by atoms with Crippen molar-refractivity contribution >= 4 is 49.8 Å². The minimum atomic E-state index is -3.75. The molecular weight excluding hydrogens is 343 g/mol. The predicted octanol–water partition coefficient (Wildman–Crippen LogP) is 4.29. The largest absolute Gasteiger partial charge is 0.350 e. The van der Waals surface area contributed by atoms with Crippen molar-refractivity contribution in [3.8, 4) is 0 Å². The van der Waals surface area contributed by atoms with Gasteiger partial charge in [-0.2, -0.15) is 0 Å². The Bertz CT molecular complexity index is 945. The van der Waals surface area contributed by atoms with Crippen LogP contribution in [-0.2, 0) is 17.1 Å². The van der Waals surface area contributed by atoms with E-state index in [9.17, 15) is 8.42 Å². The first kappa shape index (κ1) is 15.2. The summed E-state index contributed by atoms with van der Waals surface area (Å²) >= 11 is 11.7. The fraction of sp³-hybridized carbons (Fsp3) is 0.0667. The van der Waals surface area contributed by atoms with E-state index in [0.29, 0.717) is 5.69 Å². The lowest BCUT2D eigenvalue weighted by Gasteiger charge is -2.09. The molecule has 0 amide bonds. The van der Waals surface area contributed by atoms with Gasteiger partial charge in [0.15, 0.2) is 0 Å². The van der Waals surface area contributed by atoms with E-state index in [4.69, 9.17) is 23.2 Å². The number of hydrogen-bond donors (Lipinski definition) is 1. The van der Waals surface area contributed by atoms with Crippen LogP contribution in [0.2, 0.25) is 10.0 Å². The van der Waals surface area contributed by atoms with Crippen LogP contribution >= 0.6 is 23.2 Å². The van der Waals surface area contributed by atoms with E-state index in [1.165, 1.54) is 18.2 Å². The molecule has 1 N–H and O–H groups in total. The molecule has 0 atom stereocenters. The molecule has 0 fully saturated rings. The predicted molar refractivity (Wildman–Crippen MR) is 90.2 cm³/mol. The Morgan fingerprint density at radius 2 is 1.68 bits per heavy atom. The van der Waals surface area contributed by atoms with Gasteiger partial charge >= 0.3 is 0 Å². The summed E-state index contributed by atoms with van der Waals surface area (Å²) in [5.74, 6) is 0. The zero-order valence-corrected chi connectivity index (χ0v) is 13.9. The van der Waals surface area contributed by atoms with E-state index in [2.05, 4.69) is 4.72 Å². The number of sulfonamides is 1. The van der Waals surface area contributed by atoms with Crippen molar-refractivity contribution in [2.75, 3.05) is 4.72 Å². The Kier molecular flexibility index (Phi) is 3.80. The summed E-state index contributed by atoms with van der Waals surface area (Å²) in [6.07, 6.45) is 1.92. The maximum atomic E-state index is 12.4. The molecular formula is C15H12Cl2N2O2S. The number of nitrogens with zero attached hydrogens (tertiary/aromatic N) is 1. The highest BCUT2D eigenvalue weighted by Crippen LogP contribution is 2.25. The monoisotopic (exact) mass is 354 g/mol. The molecule has 0 aliphatic carbocycles. The molecule has 22 heavy (non-hydrogen) atoms. The van der Waals surface area contributed by atoms with Crippen molar-refractivity contribution in [1.82, 2.24) is 4.57 Å². The molecule has 0 spiro atoms. The van der Waals surface area contributed by atoms with E-state index < -0.39 is 10.0 Å². The molecule has 3 rings (SSSR count). The second-order valence-corrected chi connectivity index (χ2v) is 7.47. The Labute approximate surface area is 138 Å². The van der Waals surface area contributed by atoms with Crippen LogP contribution < -0.4 is 4.72 Å². The minimum absolute atomic E-state index is 0.0250. The first-order chi connectivity index (χ1) is 10.3. The summed E-state index contributed by atoms with van der Waals surface area (Å²) in [5.41, 5.74) is 1.41. The standard InChI is InChI=1S/C15H12Cl2N2O2S/c1-19-5-4-10-2-3-13(9-15(10)19)18-22(20,21)14-7-11(16)6-12(17)8-14/h2-9,18H,1H3. The van der Waals surface area contributed by atoms with Crippen molar-refractivity contribution in [3.05, 3.63) is 58.7 Å². The van der Waals surface area contributed by atoms with Gasteiger partial charge in [-0.05, 0) is 41.8 Å². The van der Waals surface area contributed by atoms with Gasteiger partial charge in [0, 0.05) is 28.8 Å². The van der Waals surface area contributed by atoms with E-state index in [1.807, 2.05) is 29.9 Å². The van der Waals surface area contributed by atoms with Gasteiger partial charge in [0.25, 0.3) is 10.0 Å². The fourth-order valence-corrected chi connectivity index (χ4v) is 4.00. The van der Waals surface area contributed by atoms with Gasteiger partial charge in [0.2, 0.25) is 0 Å². The van der Waals surface area contributed by atoms with Crippen molar-refractivity contribution in [2.24, 2.45) is 7.05 Å². The number of benzene rings is 2. The van der Waals surface area contributed by atoms with Crippen LogP contribution in [0.3, 0.4) is 0 Å². The number of aryl methyl sites for hydroxylation is 1. The van der Waals surface area contributed by atoms with Crippen LogP contribution in [0.5, 0.6) is 0 Å². The lowest BCUT2D eigenvalue weighted by atomic mass is 10.2. The zero-order valence-electron chi connectivity index (χ0n) is 11.5. The number of fused-ring (bicyclic) bond motifs is 1. The van der Waals surface area contributed by atoms with Gasteiger partial charge in [0.1, 0.15) is 0 Å². The summed E-state index contributed by atoms with van der Waals surface area (Å²) in [7, 11) is -1.85. The Morgan fingerprint density at radius 3 is 2.36 bits per heavy atom. The molecule has 4 nitrogen and oxygen atoms in total. The molecule has 2 aromatic carbocycles. The van der Waals surface area contributed by atoms with Crippen molar-refractivity contribution in [2.45, 2.75) is 4.90 Å². The van der Waals surface area contributed by atoms with Crippen LogP contribution in [0.25, 0.3) is 10.9 Å². The molecule has 7 heteroatoms. The summed E-state index contributed by atoms with van der Waals surface area (Å²) < 4.78 is 29.3. The van der Waals surface area contributed by atoms with Crippen LogP contribution in [0.1, 0.15) is 0 Å². The SMILES string of the molecule is Cn1ccc2ccc(NS(=O)(=O)c3cc(Cl)cc(Cl)c3)cc21. The molecule has 1 heterocycles. The smallest absolute Gasteiger partial charge is 0.261 e. The van der Waals surface area contributed by atoms with Gasteiger partial charge in [-0.3, -0.25) is 4.72 Å². The van der Waals surface area contributed by atoms with Crippen LogP contribution in [-0.4, -0.2) is 13.0 Å². The minimum Gasteiger partial charge on any atom is -0.350 e. The number of halogens is 2. The highest BCUT2D eigenvalue weighted by atomic mass is 35.5. The van der Waals surface area contributed by atoms with Crippen LogP contribution in [0.15, 0.2) is 53.6 Å². The van der Waals surface area contributed by atoms with Crippen molar-refractivity contribution in [1.29, 1.82) is 0 Å². The second kappa shape index (κ2) is 5.50. The second-order valence-electron chi connectivity index (χ2n) is 4.91. The van der Waals surface area contributed by atoms with E-state index in [-0.39, 0.29) is 14.9 Å². The average Bonchev–Trinajstić information content (AvgIpc) is 2.79. The Balaban J connectivity index is 2.00. The highest BCUT2D eigenvalue weighted by Gasteiger charge is 2.16. The summed E-state index contributed by atoms with van der Waals surface area (Å²) in [5, 5.41) is 1.58. The van der Waals surface area contributed by atoms with Crippen molar-refractivity contribution < 1.29 is 8.42 Å². The number of nitrogens with one attached hydrogen (secondary N) is 1. The summed E-state index contributed by atoms with van der Waals surface area (Å²) in [6, 6.07) is 11.5. The molecule has 0 aliphatic rings. The lowest BCUT2D eigenvalue weighted by Crippen LogP contribution is -2.13. The van der Waals surface area contributed by atoms with E-state index >= 15 is 0 Å². The lowest BCUT2D eigenvalue weighted by molar-refractivity contribution is 0.601. The van der Waals surface area contributed by atoms with Gasteiger partial charge in [-0.15, -0.1) is 0 Å². The zero-order chi connectivity index (χ0) is 15.9. The quantitative estimate of drug-likeness (QED) is 0.762. The van der Waals surface area contributed by atoms with Crippen LogP contribution in [0.4, 0.5) is 5.69 Å². The van der Waals surface area contributed by atoms with Gasteiger partial charge in [0.05, 0.1) is 10.6 Å². The first-order valence-electron chi connectivity index (χ1n) is 6.39. The molecule has 0 radical (unpaired) electrons. The normalized spacial score (nSPS) is 11.8. The third kappa shape index (κ3) is 2.92.